The van der Waals surface area contributed by atoms with Crippen molar-refractivity contribution in [2.75, 3.05) is 37.3 Å². The largest absolute Gasteiger partial charge is 0.444 e. The number of amides is 5. The highest BCUT2D eigenvalue weighted by atomic mass is 16.6. The first-order valence-corrected chi connectivity index (χ1v) is 20.8. The van der Waals surface area contributed by atoms with Crippen LogP contribution in [0.2, 0.25) is 0 Å². The number of rotatable bonds is 8. The number of benzene rings is 2. The molecule has 2 aromatic rings. The lowest BCUT2D eigenvalue weighted by molar-refractivity contribution is -0.129. The second-order valence-corrected chi connectivity index (χ2v) is 18.8. The number of fused-ring (bicyclic) bond motifs is 1. The van der Waals surface area contributed by atoms with Crippen molar-refractivity contribution in [3.63, 3.8) is 0 Å². The summed E-state index contributed by atoms with van der Waals surface area (Å²) in [6.45, 7) is 17.3. The molecular weight excluding hydrogens is 781 g/mol. The smallest absolute Gasteiger partial charge is 0.414 e. The summed E-state index contributed by atoms with van der Waals surface area (Å²) in [5, 5.41) is 13.8. The van der Waals surface area contributed by atoms with Crippen LogP contribution in [-0.2, 0) is 30.2 Å². The third-order valence-electron chi connectivity index (χ3n) is 10.3. The van der Waals surface area contributed by atoms with Gasteiger partial charge in [-0.2, -0.15) is 0 Å². The number of hydrogen-bond donors (Lipinski definition) is 5. The number of nitrogens with one attached hydrogen (secondary N) is 5. The van der Waals surface area contributed by atoms with E-state index in [2.05, 4.69) is 42.6 Å². The van der Waals surface area contributed by atoms with Crippen molar-refractivity contribution < 1.29 is 38.2 Å². The minimum Gasteiger partial charge on any atom is -0.444 e. The van der Waals surface area contributed by atoms with Gasteiger partial charge in [0.1, 0.15) is 16.8 Å². The monoisotopic (exact) mass is 842 g/mol. The van der Waals surface area contributed by atoms with Crippen LogP contribution in [0.5, 0.6) is 0 Å². The SMILES string of the molecule is CN=C(NC(=O)OC(C)(C)C)N1CC=C(c2ccc(NC(=O)C3CC4(C(=O)Nc5ccc(CCN=C(NC(=O)OC(C)(C)C)NC(=O)OC(C)(C)C)cc5)CC3C4)cc2)CC1. The summed E-state index contributed by atoms with van der Waals surface area (Å²) in [7, 11) is 1.63. The molecule has 1 aliphatic heterocycles. The minimum absolute atomic E-state index is 0.0703. The molecule has 4 aliphatic rings. The number of hydrogen-bond acceptors (Lipinski definition) is 10. The fourth-order valence-electron chi connectivity index (χ4n) is 7.59. The number of anilines is 2. The van der Waals surface area contributed by atoms with Crippen LogP contribution in [0.25, 0.3) is 5.57 Å². The van der Waals surface area contributed by atoms with Gasteiger partial charge in [-0.1, -0.05) is 30.3 Å². The van der Waals surface area contributed by atoms with E-state index in [0.29, 0.717) is 56.1 Å². The van der Waals surface area contributed by atoms with E-state index >= 15 is 0 Å². The highest BCUT2D eigenvalue weighted by molar-refractivity contribution is 6.02. The highest BCUT2D eigenvalue weighted by Gasteiger charge is 2.62. The molecule has 3 saturated carbocycles. The maximum absolute atomic E-state index is 13.6. The van der Waals surface area contributed by atoms with E-state index in [1.165, 1.54) is 5.57 Å². The lowest BCUT2D eigenvalue weighted by atomic mass is 9.68. The summed E-state index contributed by atoms with van der Waals surface area (Å²) in [5.74, 6) is 0.124. The van der Waals surface area contributed by atoms with E-state index in [9.17, 15) is 24.0 Å². The Hall–Kier alpha value is -5.93. The van der Waals surface area contributed by atoms with Crippen LogP contribution in [0.15, 0.2) is 64.6 Å². The summed E-state index contributed by atoms with van der Waals surface area (Å²) in [6, 6.07) is 15.2. The van der Waals surface area contributed by atoms with Crippen LogP contribution >= 0.6 is 0 Å². The molecule has 0 radical (unpaired) electrons. The van der Waals surface area contributed by atoms with Gasteiger partial charge in [0.25, 0.3) is 0 Å². The number of guanidine groups is 2. The van der Waals surface area contributed by atoms with Crippen LogP contribution < -0.4 is 26.6 Å². The summed E-state index contributed by atoms with van der Waals surface area (Å²) in [5.41, 5.74) is 1.83. The van der Waals surface area contributed by atoms with Gasteiger partial charge < -0.3 is 29.7 Å². The Morgan fingerprint density at radius 1 is 0.721 bits per heavy atom. The number of ether oxygens (including phenoxy) is 3. The zero-order valence-electron chi connectivity index (χ0n) is 37.1. The second kappa shape index (κ2) is 18.8. The number of carbonyl (C=O) groups excluding carboxylic acids is 5. The van der Waals surface area contributed by atoms with Crippen molar-refractivity contribution in [2.24, 2.45) is 27.2 Å². The Labute approximate surface area is 358 Å². The minimum atomic E-state index is -0.767. The standard InChI is InChI=1S/C45H62N8O8/c1-42(2,3)59-39(56)50-37(51-40(57)60-43(4,5)6)47-22-19-28-11-15-33(16-12-28)49-36(55)45-25-31(26-45)34(27-45)35(54)48-32-17-13-29(14-18-32)30-20-23-53(24-21-30)38(46-10)52-41(58)61-44(7,8)9/h11-18,20,31,34H,19,21-27H2,1-10H3,(H,48,54)(H,49,55)(H,46,52,58)(H2,47,50,51,56,57). The Morgan fingerprint density at radius 2 is 1.25 bits per heavy atom. The first kappa shape index (κ1) is 46.1. The molecule has 5 N–H and O–H groups in total. The quantitative estimate of drug-likeness (QED) is 0.103. The van der Waals surface area contributed by atoms with Gasteiger partial charge in [-0.15, -0.1) is 0 Å². The number of alkyl carbamates (subject to hydrolysis) is 3. The van der Waals surface area contributed by atoms with E-state index in [4.69, 9.17) is 14.2 Å². The first-order chi connectivity index (χ1) is 28.5. The molecule has 61 heavy (non-hydrogen) atoms. The number of nitrogens with zero attached hydrogens (tertiary/aromatic N) is 3. The van der Waals surface area contributed by atoms with E-state index in [1.54, 1.807) is 48.6 Å². The van der Waals surface area contributed by atoms with Gasteiger partial charge in [-0.05, 0) is 141 Å². The fraction of sp³-hybridized carbons (Fsp3) is 0.533. The van der Waals surface area contributed by atoms with E-state index in [1.807, 2.05) is 74.2 Å². The molecular formula is C45H62N8O8. The molecule has 1 heterocycles. The molecule has 0 spiro atoms. The maximum Gasteiger partial charge on any atom is 0.414 e. The van der Waals surface area contributed by atoms with Crippen molar-refractivity contribution in [3.05, 3.63) is 65.7 Å². The van der Waals surface area contributed by atoms with Crippen LogP contribution in [0.3, 0.4) is 0 Å². The lowest BCUT2D eigenvalue weighted by Crippen LogP contribution is -2.47. The van der Waals surface area contributed by atoms with Crippen molar-refractivity contribution in [1.82, 2.24) is 20.9 Å². The van der Waals surface area contributed by atoms with Crippen molar-refractivity contribution in [1.29, 1.82) is 0 Å². The van der Waals surface area contributed by atoms with Gasteiger partial charge in [0.05, 0.1) is 5.41 Å². The van der Waals surface area contributed by atoms with Crippen LogP contribution in [0, 0.1) is 17.3 Å². The van der Waals surface area contributed by atoms with Crippen molar-refractivity contribution >= 4 is 59.0 Å². The Balaban J connectivity index is 1.08. The molecule has 3 fully saturated rings. The zero-order chi connectivity index (χ0) is 44.8. The van der Waals surface area contributed by atoms with E-state index < -0.39 is 40.5 Å². The average Bonchev–Trinajstić information content (AvgIpc) is 3.71. The van der Waals surface area contributed by atoms with Gasteiger partial charge >= 0.3 is 18.3 Å². The Bertz CT molecular complexity index is 2000. The molecule has 2 bridgehead atoms. The van der Waals surface area contributed by atoms with Gasteiger partial charge in [0, 0.05) is 44.0 Å². The first-order valence-electron chi connectivity index (χ1n) is 20.8. The second-order valence-electron chi connectivity index (χ2n) is 18.8. The van der Waals surface area contributed by atoms with Crippen LogP contribution in [0.1, 0.15) is 99.1 Å². The molecule has 2 aromatic carbocycles. The number of carbonyl (C=O) groups is 5. The third-order valence-corrected chi connectivity index (χ3v) is 10.3. The van der Waals surface area contributed by atoms with Crippen LogP contribution in [-0.4, -0.2) is 90.4 Å². The molecule has 16 heteroatoms. The normalized spacial score (nSPS) is 19.9. The molecule has 0 aromatic heterocycles. The lowest BCUT2D eigenvalue weighted by Gasteiger charge is -2.36. The molecule has 16 nitrogen and oxygen atoms in total. The summed E-state index contributed by atoms with van der Waals surface area (Å²) >= 11 is 0. The summed E-state index contributed by atoms with van der Waals surface area (Å²) in [6.07, 6.45) is 3.11. The van der Waals surface area contributed by atoms with Crippen molar-refractivity contribution in [2.45, 2.75) is 111 Å². The topological polar surface area (TPSA) is 201 Å². The Kier molecular flexibility index (Phi) is 14.2. The molecule has 330 valence electrons. The molecule has 1 unspecified atom stereocenters. The molecule has 6 rings (SSSR count). The van der Waals surface area contributed by atoms with E-state index in [-0.39, 0.29) is 36.2 Å². The van der Waals surface area contributed by atoms with E-state index in [0.717, 1.165) is 17.5 Å². The summed E-state index contributed by atoms with van der Waals surface area (Å²) in [4.78, 5) is 74.7. The maximum atomic E-state index is 13.6. The van der Waals surface area contributed by atoms with Gasteiger partial charge in [0.15, 0.2) is 0 Å². The molecule has 0 saturated heterocycles. The molecule has 5 amide bonds. The highest BCUT2D eigenvalue weighted by Crippen LogP contribution is 2.62. The predicted octanol–water partition coefficient (Wildman–Crippen LogP) is 7.23. The molecule has 3 aliphatic carbocycles. The average molecular weight is 843 g/mol. The van der Waals surface area contributed by atoms with Gasteiger partial charge in [-0.25, -0.2) is 14.4 Å². The van der Waals surface area contributed by atoms with Crippen LogP contribution in [0.4, 0.5) is 25.8 Å². The third kappa shape index (κ3) is 13.5. The van der Waals surface area contributed by atoms with Crippen molar-refractivity contribution in [3.8, 4) is 0 Å². The van der Waals surface area contributed by atoms with Gasteiger partial charge in [-0.3, -0.25) is 35.5 Å². The summed E-state index contributed by atoms with van der Waals surface area (Å²) < 4.78 is 16.0. The fourth-order valence-corrected chi connectivity index (χ4v) is 7.59. The molecule has 1 atom stereocenters. The zero-order valence-corrected chi connectivity index (χ0v) is 37.1. The predicted molar refractivity (Wildman–Crippen MR) is 235 cm³/mol. The Morgan fingerprint density at radius 3 is 1.75 bits per heavy atom. The van der Waals surface area contributed by atoms with Gasteiger partial charge in [0.2, 0.25) is 23.7 Å². The number of aliphatic imine (C=N–C) groups is 2.